The molecule has 1 aromatic rings. The average molecular weight is 193 g/mol. The molecule has 1 fully saturated rings. The molecule has 0 radical (unpaired) electrons. The number of nitrogens with two attached hydrogens (primary N) is 1. The molecule has 1 aliphatic heterocycles. The third kappa shape index (κ3) is 1.83. The highest BCUT2D eigenvalue weighted by molar-refractivity contribution is 5.20. The second-order valence-electron chi connectivity index (χ2n) is 4.08. The molecule has 3 N–H and O–H groups in total. The molecule has 0 spiro atoms. The first-order chi connectivity index (χ1) is 6.81. The molecular formula is C11H19N3. The van der Waals surface area contributed by atoms with Crippen molar-refractivity contribution >= 4 is 0 Å². The molecule has 0 bridgehead atoms. The summed E-state index contributed by atoms with van der Waals surface area (Å²) in [5.74, 6) is 0. The van der Waals surface area contributed by atoms with Gasteiger partial charge in [-0.1, -0.05) is 0 Å². The number of rotatable bonds is 3. The van der Waals surface area contributed by atoms with Gasteiger partial charge < -0.3 is 10.7 Å². The number of hydrogen-bond acceptors (Lipinski definition) is 2. The van der Waals surface area contributed by atoms with Crippen LogP contribution >= 0.6 is 0 Å². The smallest absolute Gasteiger partial charge is 0.0334 e. The Morgan fingerprint density at radius 1 is 1.50 bits per heavy atom. The van der Waals surface area contributed by atoms with Crippen LogP contribution < -0.4 is 5.73 Å². The lowest BCUT2D eigenvalue weighted by Crippen LogP contribution is -2.22. The second-order valence-corrected chi connectivity index (χ2v) is 4.08. The maximum absolute atomic E-state index is 5.57. The largest absolute Gasteiger partial charge is 0.364 e. The van der Waals surface area contributed by atoms with Crippen molar-refractivity contribution in [3.8, 4) is 0 Å². The predicted molar refractivity (Wildman–Crippen MR) is 57.9 cm³/mol. The summed E-state index contributed by atoms with van der Waals surface area (Å²) in [6.07, 6.45) is 4.78. The first kappa shape index (κ1) is 9.74. The summed E-state index contributed by atoms with van der Waals surface area (Å²) in [5.41, 5.74) is 8.07. The van der Waals surface area contributed by atoms with E-state index in [0.717, 1.165) is 5.69 Å². The van der Waals surface area contributed by atoms with Gasteiger partial charge in [0.15, 0.2) is 0 Å². The summed E-state index contributed by atoms with van der Waals surface area (Å²) in [5, 5.41) is 0. The number of H-pyrrole nitrogens is 1. The van der Waals surface area contributed by atoms with Gasteiger partial charge in [-0.3, -0.25) is 4.90 Å². The Hall–Kier alpha value is -0.800. The minimum Gasteiger partial charge on any atom is -0.364 e. The molecule has 1 aromatic heterocycles. The monoisotopic (exact) mass is 193 g/mol. The van der Waals surface area contributed by atoms with Gasteiger partial charge in [-0.05, 0) is 44.5 Å². The minimum absolute atomic E-state index is 0.536. The summed E-state index contributed by atoms with van der Waals surface area (Å²) >= 11 is 0. The van der Waals surface area contributed by atoms with Crippen molar-refractivity contribution in [2.45, 2.75) is 32.4 Å². The first-order valence-electron chi connectivity index (χ1n) is 5.42. The molecular weight excluding hydrogens is 174 g/mol. The highest BCUT2D eigenvalue weighted by Crippen LogP contribution is 2.24. The minimum atomic E-state index is 0.536. The Bertz CT molecular complexity index is 286. The molecule has 2 heterocycles. The van der Waals surface area contributed by atoms with E-state index < -0.39 is 0 Å². The van der Waals surface area contributed by atoms with Gasteiger partial charge in [0.2, 0.25) is 0 Å². The normalized spacial score (nSPS) is 20.1. The van der Waals surface area contributed by atoms with E-state index in [4.69, 9.17) is 5.73 Å². The van der Waals surface area contributed by atoms with Gasteiger partial charge in [-0.2, -0.15) is 0 Å². The van der Waals surface area contributed by atoms with Gasteiger partial charge in [0.25, 0.3) is 0 Å². The van der Waals surface area contributed by atoms with E-state index in [0.29, 0.717) is 12.6 Å². The van der Waals surface area contributed by atoms with E-state index in [9.17, 15) is 0 Å². The lowest BCUT2D eigenvalue weighted by molar-refractivity contribution is 0.263. The van der Waals surface area contributed by atoms with Crippen LogP contribution in [-0.4, -0.2) is 23.0 Å². The van der Waals surface area contributed by atoms with Gasteiger partial charge in [-0.25, -0.2) is 0 Å². The molecule has 1 atom stereocenters. The number of nitrogens with one attached hydrogen (secondary N) is 1. The topological polar surface area (TPSA) is 45.1 Å². The number of aromatic amines is 1. The zero-order valence-electron chi connectivity index (χ0n) is 8.79. The summed E-state index contributed by atoms with van der Waals surface area (Å²) in [7, 11) is 0. The number of hydrogen-bond donors (Lipinski definition) is 2. The van der Waals surface area contributed by atoms with Crippen LogP contribution in [0, 0.1) is 0 Å². The van der Waals surface area contributed by atoms with Crippen LogP contribution in [0.5, 0.6) is 0 Å². The van der Waals surface area contributed by atoms with E-state index >= 15 is 0 Å². The molecule has 3 nitrogen and oxygen atoms in total. The number of likely N-dealkylation sites (tertiary alicyclic amines) is 1. The van der Waals surface area contributed by atoms with E-state index in [1.165, 1.54) is 31.5 Å². The van der Waals surface area contributed by atoms with Gasteiger partial charge >= 0.3 is 0 Å². The predicted octanol–water partition coefficient (Wildman–Crippen LogP) is 1.63. The zero-order valence-corrected chi connectivity index (χ0v) is 8.79. The Kier molecular flexibility index (Phi) is 2.89. The van der Waals surface area contributed by atoms with Crippen molar-refractivity contribution in [1.29, 1.82) is 0 Å². The van der Waals surface area contributed by atoms with E-state index in [2.05, 4.69) is 29.1 Å². The lowest BCUT2D eigenvalue weighted by atomic mass is 10.1. The summed E-state index contributed by atoms with van der Waals surface area (Å²) < 4.78 is 0. The Morgan fingerprint density at radius 2 is 2.21 bits per heavy atom. The van der Waals surface area contributed by atoms with Crippen molar-refractivity contribution in [3.05, 3.63) is 23.5 Å². The first-order valence-corrected chi connectivity index (χ1v) is 5.42. The van der Waals surface area contributed by atoms with Crippen LogP contribution in [0.1, 0.15) is 37.1 Å². The SMILES string of the molecule is CC(c1c[nH]c(CN)c1)N1CCCC1. The number of nitrogens with zero attached hydrogens (tertiary/aromatic N) is 1. The third-order valence-corrected chi connectivity index (χ3v) is 3.16. The fraction of sp³-hybridized carbons (Fsp3) is 0.636. The standard InChI is InChI=1S/C11H19N3/c1-9(14-4-2-3-5-14)10-6-11(7-12)13-8-10/h6,8-9,13H,2-5,7,12H2,1H3. The lowest BCUT2D eigenvalue weighted by Gasteiger charge is -2.22. The summed E-state index contributed by atoms with van der Waals surface area (Å²) in [4.78, 5) is 5.74. The highest BCUT2D eigenvalue weighted by Gasteiger charge is 2.19. The van der Waals surface area contributed by atoms with Crippen molar-refractivity contribution in [2.75, 3.05) is 13.1 Å². The van der Waals surface area contributed by atoms with Crippen LogP contribution in [0.4, 0.5) is 0 Å². The Balaban J connectivity index is 2.05. The Labute approximate surface area is 85.3 Å². The van der Waals surface area contributed by atoms with Crippen LogP contribution in [-0.2, 0) is 6.54 Å². The molecule has 0 amide bonds. The molecule has 78 valence electrons. The van der Waals surface area contributed by atoms with Crippen LogP contribution in [0.15, 0.2) is 12.3 Å². The quantitative estimate of drug-likeness (QED) is 0.766. The molecule has 0 aliphatic carbocycles. The molecule has 2 rings (SSSR count). The highest BCUT2D eigenvalue weighted by atomic mass is 15.2. The van der Waals surface area contributed by atoms with Crippen molar-refractivity contribution in [3.63, 3.8) is 0 Å². The molecule has 1 aliphatic rings. The zero-order chi connectivity index (χ0) is 9.97. The van der Waals surface area contributed by atoms with Crippen molar-refractivity contribution < 1.29 is 0 Å². The maximum atomic E-state index is 5.57. The van der Waals surface area contributed by atoms with Crippen LogP contribution in [0.3, 0.4) is 0 Å². The summed E-state index contributed by atoms with van der Waals surface area (Å²) in [6, 6.07) is 2.72. The maximum Gasteiger partial charge on any atom is 0.0334 e. The van der Waals surface area contributed by atoms with E-state index in [-0.39, 0.29) is 0 Å². The van der Waals surface area contributed by atoms with Crippen LogP contribution in [0.25, 0.3) is 0 Å². The number of aromatic nitrogens is 1. The van der Waals surface area contributed by atoms with Gasteiger partial charge in [0.05, 0.1) is 0 Å². The Morgan fingerprint density at radius 3 is 2.79 bits per heavy atom. The van der Waals surface area contributed by atoms with Crippen molar-refractivity contribution in [1.82, 2.24) is 9.88 Å². The fourth-order valence-electron chi connectivity index (χ4n) is 2.16. The molecule has 0 aromatic carbocycles. The summed E-state index contributed by atoms with van der Waals surface area (Å²) in [6.45, 7) is 5.36. The van der Waals surface area contributed by atoms with Gasteiger partial charge in [0.1, 0.15) is 0 Å². The molecule has 1 unspecified atom stereocenters. The van der Waals surface area contributed by atoms with E-state index in [1.54, 1.807) is 0 Å². The molecule has 1 saturated heterocycles. The van der Waals surface area contributed by atoms with Gasteiger partial charge in [-0.15, -0.1) is 0 Å². The second kappa shape index (κ2) is 4.15. The molecule has 14 heavy (non-hydrogen) atoms. The average Bonchev–Trinajstić information content (AvgIpc) is 2.88. The fourth-order valence-corrected chi connectivity index (χ4v) is 2.16. The van der Waals surface area contributed by atoms with Crippen LogP contribution in [0.2, 0.25) is 0 Å². The van der Waals surface area contributed by atoms with Crippen molar-refractivity contribution in [2.24, 2.45) is 5.73 Å². The molecule has 3 heteroatoms. The van der Waals surface area contributed by atoms with E-state index in [1.807, 2.05) is 0 Å². The third-order valence-electron chi connectivity index (χ3n) is 3.16. The molecule has 0 saturated carbocycles. The van der Waals surface area contributed by atoms with Gasteiger partial charge in [0, 0.05) is 24.5 Å².